The Bertz CT molecular complexity index is 705. The van der Waals surface area contributed by atoms with Crippen molar-refractivity contribution in [3.05, 3.63) is 41.4 Å². The van der Waals surface area contributed by atoms with Crippen LogP contribution in [-0.4, -0.2) is 28.9 Å². The minimum absolute atomic E-state index is 0.171. The maximum absolute atomic E-state index is 12.5. The minimum Gasteiger partial charge on any atom is -0.441 e. The van der Waals surface area contributed by atoms with Crippen LogP contribution in [0.2, 0.25) is 5.02 Å². The summed E-state index contributed by atoms with van der Waals surface area (Å²) in [5.41, 5.74) is 0.824. The average Bonchev–Trinajstić information content (AvgIpc) is 2.92. The zero-order valence-electron chi connectivity index (χ0n) is 14.7. The van der Waals surface area contributed by atoms with Crippen LogP contribution < -0.4 is 0 Å². The summed E-state index contributed by atoms with van der Waals surface area (Å²) in [4.78, 5) is 18.7. The largest absolute Gasteiger partial charge is 0.441 e. The third kappa shape index (κ3) is 4.63. The first-order chi connectivity index (χ1) is 12.1. The van der Waals surface area contributed by atoms with E-state index in [2.05, 4.69) is 4.98 Å². The van der Waals surface area contributed by atoms with Crippen LogP contribution in [0, 0.1) is 0 Å². The molecular formula is C20H25ClN2O2. The van der Waals surface area contributed by atoms with Crippen molar-refractivity contribution in [2.24, 2.45) is 0 Å². The summed E-state index contributed by atoms with van der Waals surface area (Å²) < 4.78 is 5.78. The van der Waals surface area contributed by atoms with E-state index in [1.807, 2.05) is 36.2 Å². The Balaban J connectivity index is 1.56. The van der Waals surface area contributed by atoms with E-state index in [1.165, 1.54) is 25.7 Å². The Morgan fingerprint density at radius 3 is 2.68 bits per heavy atom. The summed E-state index contributed by atoms with van der Waals surface area (Å²) >= 11 is 6.19. The second-order valence-electron chi connectivity index (χ2n) is 6.75. The van der Waals surface area contributed by atoms with Gasteiger partial charge in [-0.2, -0.15) is 0 Å². The van der Waals surface area contributed by atoms with Crippen molar-refractivity contribution >= 4 is 17.5 Å². The molecule has 0 unspecified atom stereocenters. The van der Waals surface area contributed by atoms with Crippen LogP contribution in [0.15, 0.2) is 34.9 Å². The number of carbonyl (C=O) groups excluding carboxylic acids is 1. The van der Waals surface area contributed by atoms with Gasteiger partial charge in [-0.15, -0.1) is 0 Å². The fourth-order valence-electron chi connectivity index (χ4n) is 3.45. The molecule has 0 saturated heterocycles. The van der Waals surface area contributed by atoms with Crippen LogP contribution in [0.1, 0.15) is 50.8 Å². The molecular weight excluding hydrogens is 336 g/mol. The number of aromatic nitrogens is 1. The smallest absolute Gasteiger partial charge is 0.223 e. The second kappa shape index (κ2) is 8.52. The van der Waals surface area contributed by atoms with E-state index in [0.29, 0.717) is 35.6 Å². The van der Waals surface area contributed by atoms with Crippen LogP contribution in [0.25, 0.3) is 11.3 Å². The van der Waals surface area contributed by atoms with Gasteiger partial charge in [0, 0.05) is 31.5 Å². The molecule has 1 saturated carbocycles. The van der Waals surface area contributed by atoms with E-state index in [1.54, 1.807) is 6.20 Å². The fourth-order valence-corrected chi connectivity index (χ4v) is 3.68. The molecule has 0 aliphatic heterocycles. The molecule has 1 aromatic heterocycles. The molecule has 0 radical (unpaired) electrons. The number of rotatable bonds is 5. The third-order valence-electron chi connectivity index (χ3n) is 5.01. The molecule has 4 nitrogen and oxygen atoms in total. The molecule has 5 heteroatoms. The van der Waals surface area contributed by atoms with E-state index in [-0.39, 0.29) is 5.91 Å². The number of aryl methyl sites for hydroxylation is 1. The topological polar surface area (TPSA) is 46.3 Å². The van der Waals surface area contributed by atoms with E-state index in [9.17, 15) is 4.79 Å². The molecule has 0 atom stereocenters. The number of oxazole rings is 1. The van der Waals surface area contributed by atoms with Gasteiger partial charge in [-0.25, -0.2) is 4.98 Å². The van der Waals surface area contributed by atoms with Crippen molar-refractivity contribution < 1.29 is 9.21 Å². The van der Waals surface area contributed by atoms with E-state index in [4.69, 9.17) is 16.0 Å². The van der Waals surface area contributed by atoms with Crippen LogP contribution in [0.3, 0.4) is 0 Å². The third-order valence-corrected chi connectivity index (χ3v) is 5.34. The number of amides is 1. The molecule has 25 heavy (non-hydrogen) atoms. The molecule has 3 rings (SSSR count). The van der Waals surface area contributed by atoms with Crippen LogP contribution in [0.5, 0.6) is 0 Å². The number of hydrogen-bond donors (Lipinski definition) is 0. The molecule has 1 heterocycles. The quantitative estimate of drug-likeness (QED) is 0.696. The van der Waals surface area contributed by atoms with Gasteiger partial charge in [0.1, 0.15) is 0 Å². The molecule has 134 valence electrons. The summed E-state index contributed by atoms with van der Waals surface area (Å²) in [6.45, 7) is 0. The Kier molecular flexibility index (Phi) is 6.14. The van der Waals surface area contributed by atoms with Crippen molar-refractivity contribution in [1.82, 2.24) is 9.88 Å². The van der Waals surface area contributed by atoms with Crippen molar-refractivity contribution in [3.8, 4) is 11.3 Å². The zero-order valence-corrected chi connectivity index (χ0v) is 15.5. The highest BCUT2D eigenvalue weighted by molar-refractivity contribution is 6.33. The fraction of sp³-hybridized carbons (Fsp3) is 0.500. The molecule has 1 aliphatic carbocycles. The van der Waals surface area contributed by atoms with E-state index in [0.717, 1.165) is 18.4 Å². The van der Waals surface area contributed by atoms with Gasteiger partial charge < -0.3 is 9.32 Å². The highest BCUT2D eigenvalue weighted by atomic mass is 35.5. The first kappa shape index (κ1) is 18.0. The lowest BCUT2D eigenvalue weighted by Crippen LogP contribution is -2.36. The lowest BCUT2D eigenvalue weighted by molar-refractivity contribution is -0.132. The maximum atomic E-state index is 12.5. The number of halogens is 1. The first-order valence-electron chi connectivity index (χ1n) is 9.10. The lowest BCUT2D eigenvalue weighted by atomic mass is 10.1. The van der Waals surface area contributed by atoms with Crippen molar-refractivity contribution in [3.63, 3.8) is 0 Å². The standard InChI is InChI=1S/C20H25ClN2O2/c1-23(15-8-4-2-3-5-9-15)20(24)13-12-19-22-14-18(25-19)16-10-6-7-11-17(16)21/h6-7,10-11,14-15H,2-5,8-9,12-13H2,1H3. The van der Waals surface area contributed by atoms with Crippen LogP contribution in [-0.2, 0) is 11.2 Å². The van der Waals surface area contributed by atoms with E-state index >= 15 is 0 Å². The van der Waals surface area contributed by atoms with Crippen LogP contribution >= 0.6 is 11.6 Å². The summed E-state index contributed by atoms with van der Waals surface area (Å²) in [6, 6.07) is 7.90. The van der Waals surface area contributed by atoms with Gasteiger partial charge in [0.05, 0.1) is 11.2 Å². The molecule has 1 fully saturated rings. The predicted molar refractivity (Wildman–Crippen MR) is 99.5 cm³/mol. The van der Waals surface area contributed by atoms with Crippen molar-refractivity contribution in [2.75, 3.05) is 7.05 Å². The number of hydrogen-bond acceptors (Lipinski definition) is 3. The Labute approximate surface area is 154 Å². The van der Waals surface area contributed by atoms with Crippen LogP contribution in [0.4, 0.5) is 0 Å². The molecule has 0 spiro atoms. The Morgan fingerprint density at radius 1 is 1.24 bits per heavy atom. The summed E-state index contributed by atoms with van der Waals surface area (Å²) in [5.74, 6) is 1.40. The number of carbonyl (C=O) groups is 1. The number of benzene rings is 1. The van der Waals surface area contributed by atoms with E-state index < -0.39 is 0 Å². The van der Waals surface area contributed by atoms with Gasteiger partial charge >= 0.3 is 0 Å². The van der Waals surface area contributed by atoms with Gasteiger partial charge in [-0.3, -0.25) is 4.79 Å². The maximum Gasteiger partial charge on any atom is 0.223 e. The minimum atomic E-state index is 0.171. The van der Waals surface area contributed by atoms with Gasteiger partial charge in [-0.05, 0) is 25.0 Å². The first-order valence-corrected chi connectivity index (χ1v) is 9.48. The Morgan fingerprint density at radius 2 is 1.96 bits per heavy atom. The molecule has 0 bridgehead atoms. The number of nitrogens with zero attached hydrogens (tertiary/aromatic N) is 2. The summed E-state index contributed by atoms with van der Waals surface area (Å²) in [6.07, 6.45) is 9.90. The van der Waals surface area contributed by atoms with Gasteiger partial charge in [0.15, 0.2) is 11.7 Å². The van der Waals surface area contributed by atoms with Gasteiger partial charge in [-0.1, -0.05) is 49.4 Å². The monoisotopic (exact) mass is 360 g/mol. The highest BCUT2D eigenvalue weighted by Gasteiger charge is 2.21. The van der Waals surface area contributed by atoms with Gasteiger partial charge in [0.2, 0.25) is 5.91 Å². The molecule has 1 amide bonds. The Hall–Kier alpha value is -1.81. The summed E-state index contributed by atoms with van der Waals surface area (Å²) in [7, 11) is 1.93. The van der Waals surface area contributed by atoms with Crippen molar-refractivity contribution in [1.29, 1.82) is 0 Å². The molecule has 0 N–H and O–H groups in total. The normalized spacial score (nSPS) is 15.8. The molecule has 1 aliphatic rings. The predicted octanol–water partition coefficient (Wildman–Crippen LogP) is 5.11. The highest BCUT2D eigenvalue weighted by Crippen LogP contribution is 2.28. The summed E-state index contributed by atoms with van der Waals surface area (Å²) in [5, 5.41) is 0.634. The molecule has 2 aromatic rings. The van der Waals surface area contributed by atoms with Crippen molar-refractivity contribution in [2.45, 2.75) is 57.4 Å². The lowest BCUT2D eigenvalue weighted by Gasteiger charge is -2.27. The average molecular weight is 361 g/mol. The SMILES string of the molecule is CN(C(=O)CCc1ncc(-c2ccccc2Cl)o1)C1CCCCCC1. The zero-order chi connectivity index (χ0) is 17.6. The van der Waals surface area contributed by atoms with Gasteiger partial charge in [0.25, 0.3) is 0 Å². The molecule has 1 aromatic carbocycles. The second-order valence-corrected chi connectivity index (χ2v) is 7.16.